The lowest BCUT2D eigenvalue weighted by Gasteiger charge is -2.37. The van der Waals surface area contributed by atoms with Gasteiger partial charge in [-0.25, -0.2) is 0 Å². The van der Waals surface area contributed by atoms with E-state index in [9.17, 15) is 4.79 Å². The largest absolute Gasteiger partial charge is 0.351 e. The molecule has 3 atom stereocenters. The second-order valence-electron chi connectivity index (χ2n) is 7.91. The molecule has 3 aliphatic rings. The van der Waals surface area contributed by atoms with Gasteiger partial charge in [-0.2, -0.15) is 0 Å². The molecule has 130 valence electrons. The van der Waals surface area contributed by atoms with Gasteiger partial charge in [0, 0.05) is 32.2 Å². The molecule has 1 aromatic carbocycles. The van der Waals surface area contributed by atoms with Gasteiger partial charge in [-0.05, 0) is 37.3 Å². The zero-order chi connectivity index (χ0) is 16.4. The number of amides is 1. The average Bonchev–Trinajstić information content (AvgIpc) is 3.23. The second kappa shape index (κ2) is 6.85. The molecular weight excluding hydrogens is 298 g/mol. The lowest BCUT2D eigenvalue weighted by atomic mass is 9.67. The minimum absolute atomic E-state index is 0.120. The van der Waals surface area contributed by atoms with Gasteiger partial charge in [0.05, 0.1) is 5.41 Å². The summed E-state index contributed by atoms with van der Waals surface area (Å²) in [5.41, 5.74) is 1.24. The Morgan fingerprint density at radius 1 is 1.25 bits per heavy atom. The zero-order valence-corrected chi connectivity index (χ0v) is 14.5. The summed E-state index contributed by atoms with van der Waals surface area (Å²) in [4.78, 5) is 15.5. The lowest BCUT2D eigenvalue weighted by Crippen LogP contribution is -2.51. The number of carbonyl (C=O) groups excluding carboxylic acids is 1. The second-order valence-corrected chi connectivity index (χ2v) is 7.91. The molecule has 4 heteroatoms. The fourth-order valence-corrected chi connectivity index (χ4v) is 4.96. The van der Waals surface area contributed by atoms with Crippen molar-refractivity contribution in [2.45, 2.75) is 44.7 Å². The average molecular weight is 327 g/mol. The number of rotatable bonds is 4. The Morgan fingerprint density at radius 3 is 3.00 bits per heavy atom. The number of hydrogen-bond donors (Lipinski definition) is 2. The third-order valence-electron chi connectivity index (χ3n) is 6.35. The van der Waals surface area contributed by atoms with Crippen molar-refractivity contribution in [3.8, 4) is 0 Å². The standard InChI is InChI=1S/C20H29N3O/c24-19(20-10-5-4-8-17(20)12-21-15-20)22-18-9-11-23(14-18)13-16-6-2-1-3-7-16/h1-3,6-7,17-18,21H,4-5,8-15H2,(H,22,24)/t17-,18?,20+/m0/s1. The molecule has 1 saturated carbocycles. The van der Waals surface area contributed by atoms with Gasteiger partial charge in [-0.1, -0.05) is 43.2 Å². The number of benzene rings is 1. The van der Waals surface area contributed by atoms with E-state index in [0.717, 1.165) is 45.6 Å². The third kappa shape index (κ3) is 3.09. The molecule has 1 unspecified atom stereocenters. The van der Waals surface area contributed by atoms with Crippen LogP contribution in [-0.4, -0.2) is 43.0 Å². The Labute approximate surface area is 145 Å². The Balaban J connectivity index is 1.34. The highest BCUT2D eigenvalue weighted by Gasteiger charge is 2.50. The minimum Gasteiger partial charge on any atom is -0.351 e. The molecule has 0 spiro atoms. The van der Waals surface area contributed by atoms with E-state index in [2.05, 4.69) is 45.9 Å². The highest BCUT2D eigenvalue weighted by molar-refractivity contribution is 5.84. The van der Waals surface area contributed by atoms with Crippen molar-refractivity contribution in [2.75, 3.05) is 26.2 Å². The summed E-state index contributed by atoms with van der Waals surface area (Å²) in [5.74, 6) is 0.872. The first-order valence-corrected chi connectivity index (χ1v) is 9.54. The lowest BCUT2D eigenvalue weighted by molar-refractivity contribution is -0.134. The molecule has 24 heavy (non-hydrogen) atoms. The Bertz CT molecular complexity index is 576. The van der Waals surface area contributed by atoms with Gasteiger partial charge in [0.2, 0.25) is 5.91 Å². The van der Waals surface area contributed by atoms with Crippen molar-refractivity contribution in [3.05, 3.63) is 35.9 Å². The van der Waals surface area contributed by atoms with Gasteiger partial charge in [0.1, 0.15) is 0 Å². The van der Waals surface area contributed by atoms with E-state index in [1.54, 1.807) is 0 Å². The summed E-state index contributed by atoms with van der Waals surface area (Å²) in [5, 5.41) is 6.89. The van der Waals surface area contributed by atoms with Crippen LogP contribution in [0.25, 0.3) is 0 Å². The van der Waals surface area contributed by atoms with Crippen LogP contribution in [-0.2, 0) is 11.3 Å². The van der Waals surface area contributed by atoms with E-state index in [0.29, 0.717) is 17.9 Å². The fourth-order valence-electron chi connectivity index (χ4n) is 4.96. The van der Waals surface area contributed by atoms with E-state index >= 15 is 0 Å². The first-order chi connectivity index (χ1) is 11.8. The first-order valence-electron chi connectivity index (χ1n) is 9.54. The normalized spacial score (nSPS) is 33.3. The number of hydrogen-bond acceptors (Lipinski definition) is 3. The summed E-state index contributed by atoms with van der Waals surface area (Å²) in [6.07, 6.45) is 5.85. The van der Waals surface area contributed by atoms with Gasteiger partial charge in [-0.3, -0.25) is 9.69 Å². The van der Waals surface area contributed by atoms with Crippen LogP contribution in [0.15, 0.2) is 30.3 Å². The van der Waals surface area contributed by atoms with Crippen molar-refractivity contribution < 1.29 is 4.79 Å². The number of nitrogens with zero attached hydrogens (tertiary/aromatic N) is 1. The van der Waals surface area contributed by atoms with Crippen molar-refractivity contribution in [1.82, 2.24) is 15.5 Å². The van der Waals surface area contributed by atoms with Crippen molar-refractivity contribution >= 4 is 5.91 Å². The van der Waals surface area contributed by atoms with Gasteiger partial charge in [0.25, 0.3) is 0 Å². The first kappa shape index (κ1) is 16.1. The molecule has 2 aliphatic heterocycles. The smallest absolute Gasteiger partial charge is 0.228 e. The van der Waals surface area contributed by atoms with Crippen LogP contribution < -0.4 is 10.6 Å². The Hall–Kier alpha value is -1.39. The molecule has 0 radical (unpaired) electrons. The van der Waals surface area contributed by atoms with Gasteiger partial charge < -0.3 is 10.6 Å². The molecule has 4 nitrogen and oxygen atoms in total. The fraction of sp³-hybridized carbons (Fsp3) is 0.650. The van der Waals surface area contributed by atoms with E-state index in [1.807, 2.05) is 0 Å². The van der Waals surface area contributed by atoms with Crippen molar-refractivity contribution in [3.63, 3.8) is 0 Å². The molecule has 2 heterocycles. The maximum atomic E-state index is 13.1. The molecule has 0 aromatic heterocycles. The maximum absolute atomic E-state index is 13.1. The molecule has 1 aliphatic carbocycles. The summed E-state index contributed by atoms with van der Waals surface area (Å²) in [6, 6.07) is 10.9. The molecule has 2 saturated heterocycles. The monoisotopic (exact) mass is 327 g/mol. The predicted octanol–water partition coefficient (Wildman–Crippen LogP) is 2.16. The van der Waals surface area contributed by atoms with E-state index < -0.39 is 0 Å². The van der Waals surface area contributed by atoms with Crippen LogP contribution in [0.1, 0.15) is 37.7 Å². The molecule has 1 aromatic rings. The molecule has 1 amide bonds. The topological polar surface area (TPSA) is 44.4 Å². The highest BCUT2D eigenvalue weighted by Crippen LogP contribution is 2.44. The highest BCUT2D eigenvalue weighted by atomic mass is 16.2. The van der Waals surface area contributed by atoms with Crippen LogP contribution >= 0.6 is 0 Å². The molecule has 2 N–H and O–H groups in total. The van der Waals surface area contributed by atoms with Crippen LogP contribution in [0.2, 0.25) is 0 Å². The minimum atomic E-state index is -0.120. The Kier molecular flexibility index (Phi) is 4.59. The zero-order valence-electron chi connectivity index (χ0n) is 14.5. The summed E-state index contributed by atoms with van der Waals surface area (Å²) < 4.78 is 0. The van der Waals surface area contributed by atoms with Crippen molar-refractivity contribution in [2.24, 2.45) is 11.3 Å². The van der Waals surface area contributed by atoms with Crippen molar-refractivity contribution in [1.29, 1.82) is 0 Å². The van der Waals surface area contributed by atoms with E-state index in [4.69, 9.17) is 0 Å². The number of likely N-dealkylation sites (tertiary alicyclic amines) is 1. The molecule has 4 rings (SSSR count). The van der Waals surface area contributed by atoms with Crippen LogP contribution in [0.4, 0.5) is 0 Å². The van der Waals surface area contributed by atoms with Crippen LogP contribution in [0.5, 0.6) is 0 Å². The maximum Gasteiger partial charge on any atom is 0.228 e. The summed E-state index contributed by atoms with van der Waals surface area (Å²) in [6.45, 7) is 4.95. The van der Waals surface area contributed by atoms with Gasteiger partial charge >= 0.3 is 0 Å². The van der Waals surface area contributed by atoms with Gasteiger partial charge in [0.15, 0.2) is 0 Å². The van der Waals surface area contributed by atoms with Crippen LogP contribution in [0, 0.1) is 11.3 Å². The number of carbonyl (C=O) groups is 1. The number of fused-ring (bicyclic) bond motifs is 1. The summed E-state index contributed by atoms with van der Waals surface area (Å²) >= 11 is 0. The molecular formula is C20H29N3O. The predicted molar refractivity (Wildman–Crippen MR) is 95.5 cm³/mol. The molecule has 0 bridgehead atoms. The van der Waals surface area contributed by atoms with Crippen LogP contribution in [0.3, 0.4) is 0 Å². The summed E-state index contributed by atoms with van der Waals surface area (Å²) in [7, 11) is 0. The third-order valence-corrected chi connectivity index (χ3v) is 6.35. The molecule has 3 fully saturated rings. The van der Waals surface area contributed by atoms with E-state index in [-0.39, 0.29) is 5.41 Å². The van der Waals surface area contributed by atoms with E-state index in [1.165, 1.54) is 24.8 Å². The Morgan fingerprint density at radius 2 is 2.12 bits per heavy atom. The van der Waals surface area contributed by atoms with Gasteiger partial charge in [-0.15, -0.1) is 0 Å². The SMILES string of the molecule is O=C(NC1CCN(Cc2ccccc2)C1)[C@@]12CCCC[C@H]1CNC2. The number of nitrogens with one attached hydrogen (secondary N) is 2. The quantitative estimate of drug-likeness (QED) is 0.891.